The van der Waals surface area contributed by atoms with E-state index in [2.05, 4.69) is 5.32 Å². The highest BCUT2D eigenvalue weighted by Crippen LogP contribution is 2.37. The van der Waals surface area contributed by atoms with Crippen molar-refractivity contribution in [3.05, 3.63) is 64.7 Å². The van der Waals surface area contributed by atoms with Crippen LogP contribution in [-0.4, -0.2) is 13.1 Å². The fourth-order valence-electron chi connectivity index (χ4n) is 2.76. The van der Waals surface area contributed by atoms with Gasteiger partial charge < -0.3 is 10.1 Å². The van der Waals surface area contributed by atoms with Crippen molar-refractivity contribution < 1.29 is 13.5 Å². The van der Waals surface area contributed by atoms with Crippen LogP contribution < -0.4 is 10.1 Å². The highest BCUT2D eigenvalue weighted by Gasteiger charge is 2.29. The van der Waals surface area contributed by atoms with Crippen molar-refractivity contribution in [3.8, 4) is 5.75 Å². The maximum Gasteiger partial charge on any atom is 0.177 e. The van der Waals surface area contributed by atoms with Crippen molar-refractivity contribution in [2.45, 2.75) is 12.5 Å². The van der Waals surface area contributed by atoms with Crippen molar-refractivity contribution >= 4 is 11.6 Å². The zero-order valence-electron chi connectivity index (χ0n) is 11.9. The first kappa shape index (κ1) is 15.3. The normalized spacial score (nSPS) is 19.1. The third-order valence-corrected chi connectivity index (χ3v) is 4.25. The molecule has 5 heteroatoms. The molecule has 2 nitrogen and oxygen atoms in total. The molecule has 0 aromatic heterocycles. The molecule has 3 rings (SSSR count). The zero-order chi connectivity index (χ0) is 15.5. The standard InChI is InChI=1S/C17H16ClF2NO/c18-15-13(19)6-7-14(20)17(15)22-16(12-8-9-21-10-12)11-4-2-1-3-5-11/h1-7,12,16,21H,8-10H2/t12?,16-/m1/s1. The summed E-state index contributed by atoms with van der Waals surface area (Å²) < 4.78 is 33.4. The van der Waals surface area contributed by atoms with Gasteiger partial charge >= 0.3 is 0 Å². The average molecular weight is 324 g/mol. The molecule has 2 aromatic carbocycles. The minimum absolute atomic E-state index is 0.182. The lowest BCUT2D eigenvalue weighted by atomic mass is 9.95. The molecule has 1 N–H and O–H groups in total. The predicted octanol–water partition coefficient (Wildman–Crippen LogP) is 4.35. The third-order valence-electron chi connectivity index (χ3n) is 3.90. The molecule has 1 aliphatic heterocycles. The molecule has 0 aliphatic carbocycles. The van der Waals surface area contributed by atoms with Gasteiger partial charge in [-0.1, -0.05) is 41.9 Å². The molecule has 1 heterocycles. The van der Waals surface area contributed by atoms with Gasteiger partial charge in [0.1, 0.15) is 16.9 Å². The van der Waals surface area contributed by atoms with Crippen LogP contribution in [0.25, 0.3) is 0 Å². The molecule has 1 unspecified atom stereocenters. The minimum atomic E-state index is -0.686. The lowest BCUT2D eigenvalue weighted by molar-refractivity contribution is 0.138. The van der Waals surface area contributed by atoms with Crippen molar-refractivity contribution in [3.63, 3.8) is 0 Å². The molecular formula is C17H16ClF2NO. The molecule has 1 saturated heterocycles. The summed E-state index contributed by atoms with van der Waals surface area (Å²) in [4.78, 5) is 0. The molecule has 1 fully saturated rings. The second kappa shape index (κ2) is 6.63. The summed E-state index contributed by atoms with van der Waals surface area (Å²) in [5.74, 6) is -1.38. The van der Waals surface area contributed by atoms with Crippen LogP contribution in [0.2, 0.25) is 5.02 Å². The highest BCUT2D eigenvalue weighted by molar-refractivity contribution is 6.32. The summed E-state index contributed by atoms with van der Waals surface area (Å²) in [6, 6.07) is 11.6. The van der Waals surface area contributed by atoms with Crippen LogP contribution in [0.1, 0.15) is 18.1 Å². The molecule has 0 bridgehead atoms. The molecule has 0 radical (unpaired) electrons. The number of nitrogens with one attached hydrogen (secondary N) is 1. The summed E-state index contributed by atoms with van der Waals surface area (Å²) in [7, 11) is 0. The zero-order valence-corrected chi connectivity index (χ0v) is 12.6. The van der Waals surface area contributed by atoms with Crippen molar-refractivity contribution in [1.82, 2.24) is 5.32 Å². The van der Waals surface area contributed by atoms with Crippen LogP contribution in [0.15, 0.2) is 42.5 Å². The Bertz CT molecular complexity index is 645. The van der Waals surface area contributed by atoms with Crippen LogP contribution >= 0.6 is 11.6 Å². The Morgan fingerprint density at radius 1 is 1.09 bits per heavy atom. The smallest absolute Gasteiger partial charge is 0.177 e. The number of hydrogen-bond donors (Lipinski definition) is 1. The summed E-state index contributed by atoms with van der Waals surface area (Å²) in [6.07, 6.45) is 0.540. The minimum Gasteiger partial charge on any atom is -0.481 e. The van der Waals surface area contributed by atoms with E-state index in [1.807, 2.05) is 30.3 Å². The van der Waals surface area contributed by atoms with E-state index in [9.17, 15) is 8.78 Å². The van der Waals surface area contributed by atoms with Crippen molar-refractivity contribution in [2.24, 2.45) is 5.92 Å². The Hall–Kier alpha value is -1.65. The van der Waals surface area contributed by atoms with Gasteiger partial charge in [0.05, 0.1) is 0 Å². The van der Waals surface area contributed by atoms with E-state index in [0.717, 1.165) is 37.2 Å². The van der Waals surface area contributed by atoms with Gasteiger partial charge in [-0.2, -0.15) is 0 Å². The third kappa shape index (κ3) is 3.08. The lowest BCUT2D eigenvalue weighted by Crippen LogP contribution is -2.22. The van der Waals surface area contributed by atoms with Crippen LogP contribution in [-0.2, 0) is 0 Å². The van der Waals surface area contributed by atoms with Crippen LogP contribution in [0, 0.1) is 17.6 Å². The molecule has 116 valence electrons. The molecule has 0 amide bonds. The summed E-state index contributed by atoms with van der Waals surface area (Å²) in [5.41, 5.74) is 0.927. The van der Waals surface area contributed by atoms with E-state index in [-0.39, 0.29) is 22.8 Å². The number of hydrogen-bond acceptors (Lipinski definition) is 2. The lowest BCUT2D eigenvalue weighted by Gasteiger charge is -2.25. The summed E-state index contributed by atoms with van der Waals surface area (Å²) in [6.45, 7) is 1.66. The topological polar surface area (TPSA) is 21.3 Å². The predicted molar refractivity (Wildman–Crippen MR) is 82.2 cm³/mol. The van der Waals surface area contributed by atoms with E-state index in [1.165, 1.54) is 0 Å². The molecule has 1 aliphatic rings. The highest BCUT2D eigenvalue weighted by atomic mass is 35.5. The Balaban J connectivity index is 1.95. The van der Waals surface area contributed by atoms with Gasteiger partial charge in [0, 0.05) is 12.5 Å². The second-order valence-corrected chi connectivity index (χ2v) is 5.75. The fraction of sp³-hybridized carbons (Fsp3) is 0.294. The van der Waals surface area contributed by atoms with Gasteiger partial charge in [0.25, 0.3) is 0 Å². The van der Waals surface area contributed by atoms with Gasteiger partial charge in [0.15, 0.2) is 11.6 Å². The van der Waals surface area contributed by atoms with Crippen LogP contribution in [0.3, 0.4) is 0 Å². The van der Waals surface area contributed by atoms with Gasteiger partial charge in [-0.3, -0.25) is 0 Å². The molecular weight excluding hydrogens is 308 g/mol. The van der Waals surface area contributed by atoms with Gasteiger partial charge in [-0.25, -0.2) is 8.78 Å². The summed E-state index contributed by atoms with van der Waals surface area (Å²) >= 11 is 5.88. The number of rotatable bonds is 4. The Labute approximate surface area is 133 Å². The number of ether oxygens (including phenoxy) is 1. The SMILES string of the molecule is Fc1ccc(F)c(O[C@H](c2ccccc2)C2CCNC2)c1Cl. The van der Waals surface area contributed by atoms with E-state index in [4.69, 9.17) is 16.3 Å². The van der Waals surface area contributed by atoms with E-state index in [0.29, 0.717) is 0 Å². The number of halogens is 3. The van der Waals surface area contributed by atoms with Crippen molar-refractivity contribution in [1.29, 1.82) is 0 Å². The average Bonchev–Trinajstić information content (AvgIpc) is 3.06. The molecule has 2 aromatic rings. The molecule has 22 heavy (non-hydrogen) atoms. The summed E-state index contributed by atoms with van der Waals surface area (Å²) in [5, 5.41) is 2.96. The first-order valence-corrected chi connectivity index (χ1v) is 7.60. The van der Waals surface area contributed by atoms with E-state index < -0.39 is 11.6 Å². The van der Waals surface area contributed by atoms with Crippen LogP contribution in [0.5, 0.6) is 5.75 Å². The van der Waals surface area contributed by atoms with Gasteiger partial charge in [0.2, 0.25) is 0 Å². The monoisotopic (exact) mass is 323 g/mol. The van der Waals surface area contributed by atoms with Gasteiger partial charge in [-0.05, 0) is 30.7 Å². The fourth-order valence-corrected chi connectivity index (χ4v) is 2.96. The maximum atomic E-state index is 14.0. The molecule has 0 saturated carbocycles. The Morgan fingerprint density at radius 3 is 2.50 bits per heavy atom. The van der Waals surface area contributed by atoms with Gasteiger partial charge in [-0.15, -0.1) is 0 Å². The molecule has 0 spiro atoms. The second-order valence-electron chi connectivity index (χ2n) is 5.37. The van der Waals surface area contributed by atoms with Crippen LogP contribution in [0.4, 0.5) is 8.78 Å². The quantitative estimate of drug-likeness (QED) is 0.845. The van der Waals surface area contributed by atoms with E-state index in [1.54, 1.807) is 0 Å². The van der Waals surface area contributed by atoms with E-state index >= 15 is 0 Å². The first-order chi connectivity index (χ1) is 10.7. The largest absolute Gasteiger partial charge is 0.481 e. The Kier molecular flexibility index (Phi) is 4.60. The Morgan fingerprint density at radius 2 is 1.82 bits per heavy atom. The number of benzene rings is 2. The molecule has 2 atom stereocenters. The maximum absolute atomic E-state index is 14.0. The first-order valence-electron chi connectivity index (χ1n) is 7.22. The van der Waals surface area contributed by atoms with Crippen molar-refractivity contribution in [2.75, 3.05) is 13.1 Å².